The molecule has 1 fully saturated rings. The first-order valence-corrected chi connectivity index (χ1v) is 11.8. The van der Waals surface area contributed by atoms with E-state index in [-0.39, 0.29) is 23.3 Å². The number of rotatable bonds is 8. The van der Waals surface area contributed by atoms with Gasteiger partial charge in [-0.15, -0.1) is 0 Å². The molecular formula is C28H29F3N2O. The largest absolute Gasteiger partial charge is 0.355 e. The van der Waals surface area contributed by atoms with Crippen LogP contribution >= 0.6 is 0 Å². The predicted octanol–water partition coefficient (Wildman–Crippen LogP) is 5.62. The topological polar surface area (TPSA) is 32.3 Å². The number of halogens is 3. The Kier molecular flexibility index (Phi) is 8.01. The molecule has 1 aliphatic heterocycles. The molecule has 3 nitrogen and oxygen atoms in total. The predicted molar refractivity (Wildman–Crippen MR) is 127 cm³/mol. The Labute approximate surface area is 198 Å². The zero-order valence-electron chi connectivity index (χ0n) is 19.0. The van der Waals surface area contributed by atoms with Crippen molar-refractivity contribution in [2.45, 2.75) is 31.1 Å². The van der Waals surface area contributed by atoms with E-state index in [1.54, 1.807) is 0 Å². The lowest BCUT2D eigenvalue weighted by Crippen LogP contribution is -2.36. The SMILES string of the molecule is O=C(NCCCN1CCC(c2c(F)cc(F)cc2F)CC1)C(c1ccccc1)c1ccccc1. The number of hydrogen-bond acceptors (Lipinski definition) is 2. The van der Waals surface area contributed by atoms with Gasteiger partial charge in [-0.3, -0.25) is 4.79 Å². The molecule has 1 N–H and O–H groups in total. The summed E-state index contributed by atoms with van der Waals surface area (Å²) in [5, 5.41) is 3.07. The summed E-state index contributed by atoms with van der Waals surface area (Å²) in [5.41, 5.74) is 1.91. The van der Waals surface area contributed by atoms with Crippen LogP contribution in [0.25, 0.3) is 0 Å². The second-order valence-corrected chi connectivity index (χ2v) is 8.80. The molecule has 0 atom stereocenters. The first kappa shape index (κ1) is 24.0. The maximum absolute atomic E-state index is 14.1. The van der Waals surface area contributed by atoms with Gasteiger partial charge in [0.2, 0.25) is 5.91 Å². The minimum Gasteiger partial charge on any atom is -0.355 e. The molecule has 34 heavy (non-hydrogen) atoms. The number of carbonyl (C=O) groups excluding carboxylic acids is 1. The molecule has 4 rings (SSSR count). The van der Waals surface area contributed by atoms with E-state index < -0.39 is 17.5 Å². The van der Waals surface area contributed by atoms with Gasteiger partial charge in [-0.25, -0.2) is 13.2 Å². The number of nitrogens with zero attached hydrogens (tertiary/aromatic N) is 1. The number of amides is 1. The third-order valence-electron chi connectivity index (χ3n) is 6.52. The number of nitrogens with one attached hydrogen (secondary N) is 1. The Morgan fingerprint density at radius 2 is 1.41 bits per heavy atom. The Bertz CT molecular complexity index is 1020. The highest BCUT2D eigenvalue weighted by Gasteiger charge is 2.26. The van der Waals surface area contributed by atoms with Gasteiger partial charge >= 0.3 is 0 Å². The fourth-order valence-electron chi connectivity index (χ4n) is 4.79. The quantitative estimate of drug-likeness (QED) is 0.437. The average Bonchev–Trinajstić information content (AvgIpc) is 2.84. The smallest absolute Gasteiger partial charge is 0.232 e. The van der Waals surface area contributed by atoms with Crippen LogP contribution in [-0.2, 0) is 4.79 Å². The Hall–Kier alpha value is -3.12. The molecule has 0 radical (unpaired) electrons. The highest BCUT2D eigenvalue weighted by molar-refractivity contribution is 5.87. The van der Waals surface area contributed by atoms with Crippen LogP contribution < -0.4 is 5.32 Å². The van der Waals surface area contributed by atoms with Crippen LogP contribution in [0.1, 0.15) is 47.8 Å². The minimum absolute atomic E-state index is 0.00109. The molecule has 3 aromatic rings. The summed E-state index contributed by atoms with van der Waals surface area (Å²) in [6.45, 7) is 2.77. The normalized spacial score (nSPS) is 14.9. The molecule has 3 aromatic carbocycles. The molecule has 0 bridgehead atoms. The van der Waals surface area contributed by atoms with Gasteiger partial charge in [0, 0.05) is 24.2 Å². The summed E-state index contributed by atoms with van der Waals surface area (Å²) in [6.07, 6.45) is 2.03. The molecule has 1 heterocycles. The molecule has 0 spiro atoms. The monoisotopic (exact) mass is 466 g/mol. The van der Waals surface area contributed by atoms with Gasteiger partial charge in [0.25, 0.3) is 0 Å². The van der Waals surface area contributed by atoms with E-state index in [9.17, 15) is 18.0 Å². The maximum Gasteiger partial charge on any atom is 0.232 e. The molecule has 0 saturated carbocycles. The third-order valence-corrected chi connectivity index (χ3v) is 6.52. The van der Waals surface area contributed by atoms with Crippen molar-refractivity contribution in [1.82, 2.24) is 10.2 Å². The van der Waals surface area contributed by atoms with Crippen LogP contribution in [0.5, 0.6) is 0 Å². The fourth-order valence-corrected chi connectivity index (χ4v) is 4.79. The van der Waals surface area contributed by atoms with E-state index in [2.05, 4.69) is 10.2 Å². The summed E-state index contributed by atoms with van der Waals surface area (Å²) in [4.78, 5) is 15.3. The first-order chi connectivity index (χ1) is 16.5. The van der Waals surface area contributed by atoms with Crippen LogP contribution in [0.4, 0.5) is 13.2 Å². The average molecular weight is 467 g/mol. The van der Waals surface area contributed by atoms with Crippen LogP contribution in [0.2, 0.25) is 0 Å². The molecule has 0 unspecified atom stereocenters. The van der Waals surface area contributed by atoms with Gasteiger partial charge in [0.1, 0.15) is 17.5 Å². The van der Waals surface area contributed by atoms with Crippen molar-refractivity contribution in [2.24, 2.45) is 0 Å². The van der Waals surface area contributed by atoms with Crippen molar-refractivity contribution < 1.29 is 18.0 Å². The van der Waals surface area contributed by atoms with E-state index in [4.69, 9.17) is 0 Å². The van der Waals surface area contributed by atoms with Gasteiger partial charge < -0.3 is 10.2 Å². The standard InChI is InChI=1S/C28H29F3N2O/c29-23-18-24(30)27(25(31)19-23)22-12-16-33(17-13-22)15-7-14-32-28(34)26(20-8-3-1-4-9-20)21-10-5-2-6-11-21/h1-6,8-11,18-19,22,26H,7,12-17H2,(H,32,34). The van der Waals surface area contributed by atoms with Crippen molar-refractivity contribution in [2.75, 3.05) is 26.2 Å². The summed E-state index contributed by atoms with van der Waals surface area (Å²) in [6, 6.07) is 21.0. The first-order valence-electron chi connectivity index (χ1n) is 11.8. The maximum atomic E-state index is 14.1. The van der Waals surface area contributed by atoms with Crippen LogP contribution in [0, 0.1) is 17.5 Å². The fraction of sp³-hybridized carbons (Fsp3) is 0.321. The van der Waals surface area contributed by atoms with Crippen molar-refractivity contribution in [3.63, 3.8) is 0 Å². The molecular weight excluding hydrogens is 437 g/mol. The summed E-state index contributed by atoms with van der Waals surface area (Å²) >= 11 is 0. The van der Waals surface area contributed by atoms with Crippen molar-refractivity contribution in [3.8, 4) is 0 Å². The molecule has 0 aliphatic carbocycles. The summed E-state index contributed by atoms with van der Waals surface area (Å²) in [7, 11) is 0. The molecule has 0 aromatic heterocycles. The van der Waals surface area contributed by atoms with Gasteiger partial charge in [-0.2, -0.15) is 0 Å². The van der Waals surface area contributed by atoms with Gasteiger partial charge in [-0.05, 0) is 55.9 Å². The second kappa shape index (κ2) is 11.3. The number of hydrogen-bond donors (Lipinski definition) is 1. The number of benzene rings is 3. The van der Waals surface area contributed by atoms with Gasteiger partial charge in [0.15, 0.2) is 0 Å². The lowest BCUT2D eigenvalue weighted by Gasteiger charge is -2.32. The third kappa shape index (κ3) is 5.86. The van der Waals surface area contributed by atoms with Crippen molar-refractivity contribution >= 4 is 5.91 Å². The second-order valence-electron chi connectivity index (χ2n) is 8.80. The van der Waals surface area contributed by atoms with E-state index in [0.29, 0.717) is 32.5 Å². The molecule has 1 aliphatic rings. The van der Waals surface area contributed by atoms with Crippen LogP contribution in [-0.4, -0.2) is 37.0 Å². The van der Waals surface area contributed by atoms with Crippen LogP contribution in [0.15, 0.2) is 72.8 Å². The number of piperidine rings is 1. The van der Waals surface area contributed by atoms with E-state index in [1.165, 1.54) is 0 Å². The van der Waals surface area contributed by atoms with Crippen molar-refractivity contribution in [3.05, 3.63) is 107 Å². The molecule has 6 heteroatoms. The lowest BCUT2D eigenvalue weighted by molar-refractivity contribution is -0.121. The van der Waals surface area contributed by atoms with E-state index >= 15 is 0 Å². The Morgan fingerprint density at radius 1 is 0.882 bits per heavy atom. The van der Waals surface area contributed by atoms with Gasteiger partial charge in [-0.1, -0.05) is 60.7 Å². The molecule has 1 amide bonds. The highest BCUT2D eigenvalue weighted by atomic mass is 19.1. The lowest BCUT2D eigenvalue weighted by atomic mass is 9.88. The zero-order chi connectivity index (χ0) is 23.9. The van der Waals surface area contributed by atoms with Gasteiger partial charge in [0.05, 0.1) is 5.92 Å². The minimum atomic E-state index is -0.889. The molecule has 1 saturated heterocycles. The van der Waals surface area contributed by atoms with Crippen LogP contribution in [0.3, 0.4) is 0 Å². The zero-order valence-corrected chi connectivity index (χ0v) is 19.0. The Balaban J connectivity index is 1.26. The highest BCUT2D eigenvalue weighted by Crippen LogP contribution is 2.32. The Morgan fingerprint density at radius 3 is 1.94 bits per heavy atom. The molecule has 178 valence electrons. The summed E-state index contributed by atoms with van der Waals surface area (Å²) < 4.78 is 41.4. The number of likely N-dealkylation sites (tertiary alicyclic amines) is 1. The van der Waals surface area contributed by atoms with E-state index in [1.807, 2.05) is 60.7 Å². The van der Waals surface area contributed by atoms with E-state index in [0.717, 1.165) is 36.2 Å². The number of carbonyl (C=O) groups is 1. The van der Waals surface area contributed by atoms with Crippen molar-refractivity contribution in [1.29, 1.82) is 0 Å². The summed E-state index contributed by atoms with van der Waals surface area (Å²) in [5.74, 6) is -3.12.